The highest BCUT2D eigenvalue weighted by molar-refractivity contribution is 5.99. The van der Waals surface area contributed by atoms with Gasteiger partial charge in [-0.25, -0.2) is 0 Å². The molecule has 4 nitrogen and oxygen atoms in total. The third-order valence-corrected chi connectivity index (χ3v) is 3.63. The van der Waals surface area contributed by atoms with Crippen molar-refractivity contribution in [1.29, 1.82) is 0 Å². The molecular weight excluding hydrogens is 242 g/mol. The molecule has 4 heteroatoms. The third-order valence-electron chi connectivity index (χ3n) is 3.63. The summed E-state index contributed by atoms with van der Waals surface area (Å²) in [6.45, 7) is 0.484. The largest absolute Gasteiger partial charge is 0.490 e. The van der Waals surface area contributed by atoms with E-state index in [4.69, 9.17) is 15.2 Å². The van der Waals surface area contributed by atoms with Gasteiger partial charge in [0.1, 0.15) is 11.9 Å². The van der Waals surface area contributed by atoms with Crippen LogP contribution in [-0.4, -0.2) is 30.6 Å². The number of rotatable bonds is 5. The standard InChI is InChI=1S/C15H19NO3/c16-9-13-7-8-14(19-13)15(17)10-1-3-11(4-2-10)18-12-5-6-12/h1-4,12-14H,5-9,16H2. The summed E-state index contributed by atoms with van der Waals surface area (Å²) in [7, 11) is 0. The van der Waals surface area contributed by atoms with Crippen molar-refractivity contribution in [3.05, 3.63) is 29.8 Å². The van der Waals surface area contributed by atoms with Gasteiger partial charge in [-0.3, -0.25) is 4.79 Å². The van der Waals surface area contributed by atoms with E-state index in [1.54, 1.807) is 0 Å². The number of carbonyl (C=O) groups is 1. The Morgan fingerprint density at radius 3 is 2.53 bits per heavy atom. The van der Waals surface area contributed by atoms with Crippen LogP contribution in [-0.2, 0) is 4.74 Å². The Labute approximate surface area is 112 Å². The molecule has 0 radical (unpaired) electrons. The minimum atomic E-state index is -0.330. The Balaban J connectivity index is 1.62. The molecule has 2 aliphatic rings. The molecule has 1 aromatic carbocycles. The molecule has 2 atom stereocenters. The molecule has 102 valence electrons. The smallest absolute Gasteiger partial charge is 0.191 e. The summed E-state index contributed by atoms with van der Waals surface area (Å²) in [6, 6.07) is 7.36. The molecule has 1 aromatic rings. The number of ether oxygens (including phenoxy) is 2. The molecule has 0 spiro atoms. The molecule has 0 amide bonds. The van der Waals surface area contributed by atoms with Gasteiger partial charge in [-0.2, -0.15) is 0 Å². The van der Waals surface area contributed by atoms with Gasteiger partial charge in [0.05, 0.1) is 12.2 Å². The molecule has 1 saturated heterocycles. The Morgan fingerprint density at radius 1 is 1.21 bits per heavy atom. The molecule has 19 heavy (non-hydrogen) atoms. The summed E-state index contributed by atoms with van der Waals surface area (Å²) >= 11 is 0. The number of hydrogen-bond acceptors (Lipinski definition) is 4. The highest BCUT2D eigenvalue weighted by atomic mass is 16.5. The Bertz CT molecular complexity index is 453. The zero-order valence-electron chi connectivity index (χ0n) is 10.9. The first-order valence-electron chi connectivity index (χ1n) is 6.92. The molecule has 2 unspecified atom stereocenters. The molecule has 3 rings (SSSR count). The second-order valence-corrected chi connectivity index (χ2v) is 5.27. The summed E-state index contributed by atoms with van der Waals surface area (Å²) in [4.78, 5) is 12.2. The van der Waals surface area contributed by atoms with Gasteiger partial charge < -0.3 is 15.2 Å². The summed E-state index contributed by atoms with van der Waals surface area (Å²) in [6.07, 6.45) is 3.99. The Morgan fingerprint density at radius 2 is 1.95 bits per heavy atom. The molecule has 1 aliphatic carbocycles. The maximum absolute atomic E-state index is 12.2. The SMILES string of the molecule is NCC1CCC(C(=O)c2ccc(OC3CC3)cc2)O1. The lowest BCUT2D eigenvalue weighted by atomic mass is 10.0. The second-order valence-electron chi connectivity index (χ2n) is 5.27. The van der Waals surface area contributed by atoms with E-state index >= 15 is 0 Å². The first-order chi connectivity index (χ1) is 9.26. The van der Waals surface area contributed by atoms with Crippen LogP contribution >= 0.6 is 0 Å². The molecule has 0 bridgehead atoms. The highest BCUT2D eigenvalue weighted by Gasteiger charge is 2.30. The fourth-order valence-corrected chi connectivity index (χ4v) is 2.33. The number of carbonyl (C=O) groups excluding carboxylic acids is 1. The molecule has 1 heterocycles. The lowest BCUT2D eigenvalue weighted by Crippen LogP contribution is -2.25. The van der Waals surface area contributed by atoms with Gasteiger partial charge in [-0.1, -0.05) is 0 Å². The fraction of sp³-hybridized carbons (Fsp3) is 0.533. The van der Waals surface area contributed by atoms with Crippen LogP contribution in [0.15, 0.2) is 24.3 Å². The molecule has 0 aromatic heterocycles. The zero-order chi connectivity index (χ0) is 13.2. The average Bonchev–Trinajstić information content (AvgIpc) is 3.12. The van der Waals surface area contributed by atoms with Gasteiger partial charge in [-0.15, -0.1) is 0 Å². The number of nitrogens with two attached hydrogens (primary N) is 1. The van der Waals surface area contributed by atoms with Crippen LogP contribution in [0.5, 0.6) is 5.75 Å². The van der Waals surface area contributed by atoms with Crippen LogP contribution in [0, 0.1) is 0 Å². The van der Waals surface area contributed by atoms with Crippen LogP contribution in [0.4, 0.5) is 0 Å². The van der Waals surface area contributed by atoms with Crippen molar-refractivity contribution in [2.45, 2.75) is 44.0 Å². The number of Topliss-reactive ketones (excluding diaryl/α,β-unsaturated/α-hetero) is 1. The van der Waals surface area contributed by atoms with E-state index in [-0.39, 0.29) is 18.0 Å². The van der Waals surface area contributed by atoms with Gasteiger partial charge >= 0.3 is 0 Å². The zero-order valence-corrected chi connectivity index (χ0v) is 10.9. The minimum Gasteiger partial charge on any atom is -0.490 e. The van der Waals surface area contributed by atoms with Gasteiger partial charge in [0.15, 0.2) is 5.78 Å². The summed E-state index contributed by atoms with van der Waals surface area (Å²) in [5, 5.41) is 0. The molecule has 2 fully saturated rings. The Hall–Kier alpha value is -1.39. The van der Waals surface area contributed by atoms with Gasteiger partial charge in [0.2, 0.25) is 0 Å². The first-order valence-corrected chi connectivity index (χ1v) is 6.92. The summed E-state index contributed by atoms with van der Waals surface area (Å²) < 4.78 is 11.3. The van der Waals surface area contributed by atoms with Crippen molar-refractivity contribution in [3.8, 4) is 5.75 Å². The highest BCUT2D eigenvalue weighted by Crippen LogP contribution is 2.27. The van der Waals surface area contributed by atoms with E-state index in [0.717, 1.165) is 31.4 Å². The molecular formula is C15H19NO3. The lowest BCUT2D eigenvalue weighted by molar-refractivity contribution is 0.0404. The number of ketones is 1. The van der Waals surface area contributed by atoms with E-state index in [1.807, 2.05) is 24.3 Å². The molecule has 1 saturated carbocycles. The predicted molar refractivity (Wildman–Crippen MR) is 71.4 cm³/mol. The van der Waals surface area contributed by atoms with E-state index in [2.05, 4.69) is 0 Å². The summed E-state index contributed by atoms with van der Waals surface area (Å²) in [5.74, 6) is 0.889. The van der Waals surface area contributed by atoms with Crippen molar-refractivity contribution in [2.24, 2.45) is 5.73 Å². The topological polar surface area (TPSA) is 61.6 Å². The Kier molecular flexibility index (Phi) is 3.53. The van der Waals surface area contributed by atoms with Gasteiger partial charge in [-0.05, 0) is 49.9 Å². The first kappa shape index (κ1) is 12.6. The fourth-order valence-electron chi connectivity index (χ4n) is 2.33. The summed E-state index contributed by atoms with van der Waals surface area (Å²) in [5.41, 5.74) is 6.24. The van der Waals surface area contributed by atoms with Crippen LogP contribution in [0.2, 0.25) is 0 Å². The predicted octanol–water partition coefficient (Wildman–Crippen LogP) is 1.92. The normalized spacial score (nSPS) is 26.4. The van der Waals surface area contributed by atoms with Gasteiger partial charge in [0, 0.05) is 12.1 Å². The number of benzene rings is 1. The van der Waals surface area contributed by atoms with Crippen LogP contribution < -0.4 is 10.5 Å². The lowest BCUT2D eigenvalue weighted by Gasteiger charge is -2.12. The van der Waals surface area contributed by atoms with Crippen LogP contribution in [0.1, 0.15) is 36.0 Å². The van der Waals surface area contributed by atoms with Crippen molar-refractivity contribution in [3.63, 3.8) is 0 Å². The van der Waals surface area contributed by atoms with Crippen LogP contribution in [0.25, 0.3) is 0 Å². The van der Waals surface area contributed by atoms with E-state index < -0.39 is 0 Å². The molecule has 1 aliphatic heterocycles. The second kappa shape index (κ2) is 5.31. The van der Waals surface area contributed by atoms with Crippen molar-refractivity contribution < 1.29 is 14.3 Å². The average molecular weight is 261 g/mol. The van der Waals surface area contributed by atoms with Crippen LogP contribution in [0.3, 0.4) is 0 Å². The quantitative estimate of drug-likeness (QED) is 0.823. The molecule has 2 N–H and O–H groups in total. The minimum absolute atomic E-state index is 0.0337. The monoisotopic (exact) mass is 261 g/mol. The number of hydrogen-bond donors (Lipinski definition) is 1. The van der Waals surface area contributed by atoms with Gasteiger partial charge in [0.25, 0.3) is 0 Å². The maximum Gasteiger partial charge on any atom is 0.191 e. The third kappa shape index (κ3) is 2.96. The van der Waals surface area contributed by atoms with Crippen molar-refractivity contribution in [1.82, 2.24) is 0 Å². The van der Waals surface area contributed by atoms with E-state index in [9.17, 15) is 4.79 Å². The van der Waals surface area contributed by atoms with E-state index in [1.165, 1.54) is 0 Å². The van der Waals surface area contributed by atoms with E-state index in [0.29, 0.717) is 18.2 Å². The van der Waals surface area contributed by atoms with Crippen molar-refractivity contribution >= 4 is 5.78 Å². The maximum atomic E-state index is 12.2. The van der Waals surface area contributed by atoms with Crippen molar-refractivity contribution in [2.75, 3.05) is 6.54 Å².